The highest BCUT2D eigenvalue weighted by Crippen LogP contribution is 2.68. The van der Waals surface area contributed by atoms with Gasteiger partial charge in [0.2, 0.25) is 0 Å². The van der Waals surface area contributed by atoms with Crippen molar-refractivity contribution in [3.63, 3.8) is 0 Å². The first-order chi connectivity index (χ1) is 14.9. The van der Waals surface area contributed by atoms with Crippen molar-refractivity contribution in [2.75, 3.05) is 0 Å². The number of hydrogen-bond acceptors (Lipinski definition) is 4. The summed E-state index contributed by atoms with van der Waals surface area (Å²) in [5, 5.41) is 42.7. The van der Waals surface area contributed by atoms with Gasteiger partial charge in [0.05, 0.1) is 18.3 Å². The standard InChI is InChI=1S/C28H48O4/c1-15(2)16(3)25(31)26(32)17(4)20-9-10-21-19-8-7-18-13-23(29)24(30)14-28(18,6)22(19)11-12-27(20,21)5/h15,17-26,29-32H,3,7-14H2,1-2,4-6H3/t17-,18?,19?,20-,21?,22?,23?,24+,25-,26-,27-,28+/m1/s1. The molecule has 32 heavy (non-hydrogen) atoms. The predicted octanol–water partition coefficient (Wildman–Crippen LogP) is 4.55. The van der Waals surface area contributed by atoms with Crippen LogP contribution in [0.1, 0.15) is 86.0 Å². The number of rotatable bonds is 5. The molecule has 0 aromatic carbocycles. The average Bonchev–Trinajstić information content (AvgIpc) is 3.09. The molecule has 0 saturated heterocycles. The highest BCUT2D eigenvalue weighted by Gasteiger charge is 2.61. The van der Waals surface area contributed by atoms with Gasteiger partial charge in [-0.1, -0.05) is 41.2 Å². The fourth-order valence-corrected chi connectivity index (χ4v) is 9.27. The topological polar surface area (TPSA) is 80.9 Å². The van der Waals surface area contributed by atoms with Crippen LogP contribution in [-0.4, -0.2) is 44.8 Å². The zero-order chi connectivity index (χ0) is 23.6. The van der Waals surface area contributed by atoms with Gasteiger partial charge in [0.1, 0.15) is 6.10 Å². The first-order valence-corrected chi connectivity index (χ1v) is 13.3. The molecule has 0 heterocycles. The van der Waals surface area contributed by atoms with Crippen LogP contribution in [0.15, 0.2) is 12.2 Å². The molecule has 0 aliphatic heterocycles. The van der Waals surface area contributed by atoms with Gasteiger partial charge in [-0.25, -0.2) is 0 Å². The Morgan fingerprint density at radius 1 is 0.875 bits per heavy atom. The lowest BCUT2D eigenvalue weighted by Gasteiger charge is -2.61. The van der Waals surface area contributed by atoms with Gasteiger partial charge < -0.3 is 20.4 Å². The van der Waals surface area contributed by atoms with E-state index in [1.807, 2.05) is 13.8 Å². The minimum absolute atomic E-state index is 0.0469. The van der Waals surface area contributed by atoms with Gasteiger partial charge in [0.15, 0.2) is 0 Å². The molecule has 0 aromatic rings. The third-order valence-electron chi connectivity index (χ3n) is 11.4. The molecule has 4 fully saturated rings. The van der Waals surface area contributed by atoms with Crippen molar-refractivity contribution in [1.29, 1.82) is 0 Å². The van der Waals surface area contributed by atoms with E-state index in [-0.39, 0.29) is 22.7 Å². The second kappa shape index (κ2) is 8.66. The highest BCUT2D eigenvalue weighted by atomic mass is 16.3. The van der Waals surface area contributed by atoms with Crippen LogP contribution in [0.5, 0.6) is 0 Å². The second-order valence-corrected chi connectivity index (χ2v) is 13.0. The van der Waals surface area contributed by atoms with Crippen LogP contribution in [0, 0.1) is 52.3 Å². The summed E-state index contributed by atoms with van der Waals surface area (Å²) in [6, 6.07) is 0. The SMILES string of the molecule is C=C(C(C)C)[C@@H](O)[C@H](O)[C@H](C)[C@H]1CCC2C3CCC4CC(O)[C@@H](O)C[C@]4(C)C3CC[C@@]21C. The predicted molar refractivity (Wildman–Crippen MR) is 128 cm³/mol. The molecule has 0 aromatic heterocycles. The van der Waals surface area contributed by atoms with Gasteiger partial charge in [-0.05, 0) is 109 Å². The van der Waals surface area contributed by atoms with E-state index >= 15 is 0 Å². The lowest BCUT2D eigenvalue weighted by molar-refractivity contribution is -0.162. The van der Waals surface area contributed by atoms with E-state index in [0.717, 1.165) is 24.8 Å². The zero-order valence-corrected chi connectivity index (χ0v) is 21.0. The Morgan fingerprint density at radius 2 is 1.53 bits per heavy atom. The molecule has 4 saturated carbocycles. The van der Waals surface area contributed by atoms with Crippen LogP contribution in [-0.2, 0) is 0 Å². The molecular weight excluding hydrogens is 400 g/mol. The van der Waals surface area contributed by atoms with Crippen molar-refractivity contribution < 1.29 is 20.4 Å². The van der Waals surface area contributed by atoms with Crippen molar-refractivity contribution in [2.24, 2.45) is 52.3 Å². The summed E-state index contributed by atoms with van der Waals surface area (Å²) in [4.78, 5) is 0. The summed E-state index contributed by atoms with van der Waals surface area (Å²) in [5.74, 6) is 3.13. The van der Waals surface area contributed by atoms with Gasteiger partial charge in [-0.3, -0.25) is 0 Å². The fourth-order valence-electron chi connectivity index (χ4n) is 9.27. The Balaban J connectivity index is 1.52. The third-order valence-corrected chi connectivity index (χ3v) is 11.4. The van der Waals surface area contributed by atoms with Crippen molar-refractivity contribution in [3.8, 4) is 0 Å². The monoisotopic (exact) mass is 448 g/mol. The van der Waals surface area contributed by atoms with Crippen LogP contribution < -0.4 is 0 Å². The summed E-state index contributed by atoms with van der Waals surface area (Å²) in [6.07, 6.45) is 5.87. The molecule has 5 unspecified atom stereocenters. The fraction of sp³-hybridized carbons (Fsp3) is 0.929. The summed E-state index contributed by atoms with van der Waals surface area (Å²) >= 11 is 0. The van der Waals surface area contributed by atoms with Crippen molar-refractivity contribution in [3.05, 3.63) is 12.2 Å². The Morgan fingerprint density at radius 3 is 2.19 bits per heavy atom. The Labute approximate surface area is 195 Å². The third kappa shape index (κ3) is 3.72. The van der Waals surface area contributed by atoms with Crippen LogP contribution in [0.25, 0.3) is 0 Å². The maximum absolute atomic E-state index is 11.1. The lowest BCUT2D eigenvalue weighted by Crippen LogP contribution is -2.57. The van der Waals surface area contributed by atoms with Crippen LogP contribution in [0.4, 0.5) is 0 Å². The number of hydrogen-bond donors (Lipinski definition) is 4. The van der Waals surface area contributed by atoms with Gasteiger partial charge in [0.25, 0.3) is 0 Å². The normalized spacial score (nSPS) is 49.0. The molecule has 4 nitrogen and oxygen atoms in total. The highest BCUT2D eigenvalue weighted by molar-refractivity contribution is 5.13. The second-order valence-electron chi connectivity index (χ2n) is 13.0. The molecule has 0 amide bonds. The van der Waals surface area contributed by atoms with E-state index in [4.69, 9.17) is 0 Å². The van der Waals surface area contributed by atoms with Gasteiger partial charge in [-0.15, -0.1) is 0 Å². The summed E-state index contributed by atoms with van der Waals surface area (Å²) in [7, 11) is 0. The average molecular weight is 449 g/mol. The van der Waals surface area contributed by atoms with E-state index in [0.29, 0.717) is 29.6 Å². The van der Waals surface area contributed by atoms with Gasteiger partial charge in [-0.2, -0.15) is 0 Å². The van der Waals surface area contributed by atoms with E-state index in [1.165, 1.54) is 32.1 Å². The molecular formula is C28H48O4. The van der Waals surface area contributed by atoms with Crippen LogP contribution in [0.2, 0.25) is 0 Å². The molecule has 184 valence electrons. The smallest absolute Gasteiger partial charge is 0.101 e. The minimum Gasteiger partial charge on any atom is -0.390 e. The first kappa shape index (κ1) is 24.7. The molecule has 4 heteroatoms. The van der Waals surface area contributed by atoms with E-state index in [1.54, 1.807) is 0 Å². The minimum atomic E-state index is -0.853. The first-order valence-electron chi connectivity index (χ1n) is 13.3. The number of fused-ring (bicyclic) bond motifs is 5. The summed E-state index contributed by atoms with van der Waals surface area (Å²) in [6.45, 7) is 15.1. The van der Waals surface area contributed by atoms with Crippen molar-refractivity contribution in [2.45, 2.75) is 110 Å². The largest absolute Gasteiger partial charge is 0.390 e. The van der Waals surface area contributed by atoms with E-state index < -0.39 is 24.4 Å². The lowest BCUT2D eigenvalue weighted by atomic mass is 9.44. The Bertz CT molecular complexity index is 706. The molecule has 4 aliphatic carbocycles. The molecule has 4 N–H and O–H groups in total. The molecule has 0 bridgehead atoms. The Hall–Kier alpha value is -0.420. The van der Waals surface area contributed by atoms with Crippen LogP contribution >= 0.6 is 0 Å². The van der Waals surface area contributed by atoms with Gasteiger partial charge in [0, 0.05) is 0 Å². The molecule has 0 spiro atoms. The van der Waals surface area contributed by atoms with Crippen LogP contribution in [0.3, 0.4) is 0 Å². The van der Waals surface area contributed by atoms with Gasteiger partial charge >= 0.3 is 0 Å². The molecule has 12 atom stereocenters. The number of aliphatic hydroxyl groups excluding tert-OH is 4. The molecule has 0 radical (unpaired) electrons. The molecule has 4 aliphatic rings. The van der Waals surface area contributed by atoms with E-state index in [9.17, 15) is 20.4 Å². The van der Waals surface area contributed by atoms with E-state index in [2.05, 4.69) is 27.4 Å². The summed E-state index contributed by atoms with van der Waals surface area (Å²) in [5.41, 5.74) is 1.07. The summed E-state index contributed by atoms with van der Waals surface area (Å²) < 4.78 is 0. The maximum atomic E-state index is 11.1. The van der Waals surface area contributed by atoms with Crippen molar-refractivity contribution >= 4 is 0 Å². The Kier molecular flexibility index (Phi) is 6.68. The zero-order valence-electron chi connectivity index (χ0n) is 21.0. The quantitative estimate of drug-likeness (QED) is 0.465. The maximum Gasteiger partial charge on any atom is 0.101 e. The number of aliphatic hydroxyl groups is 4. The molecule has 4 rings (SSSR count). The van der Waals surface area contributed by atoms with Crippen molar-refractivity contribution in [1.82, 2.24) is 0 Å².